The number of halogens is 1. The highest BCUT2D eigenvalue weighted by atomic mass is 35.5. The third-order valence-corrected chi connectivity index (χ3v) is 3.62. The van der Waals surface area contributed by atoms with Crippen molar-refractivity contribution in [1.82, 2.24) is 20.3 Å². The van der Waals surface area contributed by atoms with Crippen LogP contribution in [-0.2, 0) is 0 Å². The molecule has 130 valence electrons. The summed E-state index contributed by atoms with van der Waals surface area (Å²) in [6.07, 6.45) is 1.41. The fourth-order valence-corrected chi connectivity index (χ4v) is 2.25. The van der Waals surface area contributed by atoms with Crippen molar-refractivity contribution in [2.75, 3.05) is 13.2 Å². The molecule has 1 N–H and O–H groups in total. The molecule has 3 rings (SSSR count). The van der Waals surface area contributed by atoms with Crippen LogP contribution in [0.1, 0.15) is 10.5 Å². The number of ether oxygens (including phenoxy) is 1. The van der Waals surface area contributed by atoms with Crippen molar-refractivity contribution in [2.45, 2.75) is 0 Å². The van der Waals surface area contributed by atoms with Gasteiger partial charge in [0, 0.05) is 0 Å². The molecular weight excluding hydrogens is 352 g/mol. The molecule has 1 amide bonds. The molecule has 0 saturated carbocycles. The quantitative estimate of drug-likeness (QED) is 0.705. The summed E-state index contributed by atoms with van der Waals surface area (Å²) in [6.45, 7) is 0.368. The molecule has 0 fully saturated rings. The van der Waals surface area contributed by atoms with Crippen LogP contribution in [0.4, 0.5) is 0 Å². The Balaban J connectivity index is 1.46. The van der Waals surface area contributed by atoms with Gasteiger partial charge in [-0.25, -0.2) is 0 Å². The molecule has 0 aliphatic heterocycles. The van der Waals surface area contributed by atoms with E-state index in [0.717, 1.165) is 5.69 Å². The van der Waals surface area contributed by atoms with Crippen molar-refractivity contribution in [3.05, 3.63) is 71.5 Å². The number of benzene rings is 2. The zero-order valence-electron chi connectivity index (χ0n) is 13.7. The third kappa shape index (κ3) is 4.62. The number of nitrogens with one attached hydrogen (secondary N) is 1. The molecule has 0 unspecified atom stereocenters. The van der Waals surface area contributed by atoms with Crippen LogP contribution in [0, 0.1) is 11.8 Å². The SMILES string of the molecule is O=C(NCC#CCOc1ccccc1Cl)c1cnn(-c2ccccc2)n1. The van der Waals surface area contributed by atoms with E-state index >= 15 is 0 Å². The molecule has 6 nitrogen and oxygen atoms in total. The zero-order valence-corrected chi connectivity index (χ0v) is 14.5. The average molecular weight is 367 g/mol. The van der Waals surface area contributed by atoms with E-state index in [2.05, 4.69) is 27.4 Å². The third-order valence-electron chi connectivity index (χ3n) is 3.31. The molecule has 0 radical (unpaired) electrons. The second kappa shape index (κ2) is 8.70. The Morgan fingerprint density at radius 3 is 2.69 bits per heavy atom. The molecule has 1 aromatic heterocycles. The first-order valence-electron chi connectivity index (χ1n) is 7.83. The van der Waals surface area contributed by atoms with Crippen molar-refractivity contribution in [3.8, 4) is 23.3 Å². The first kappa shape index (κ1) is 17.5. The van der Waals surface area contributed by atoms with Crippen LogP contribution in [0.15, 0.2) is 60.8 Å². The fraction of sp³-hybridized carbons (Fsp3) is 0.105. The molecule has 3 aromatic rings. The highest BCUT2D eigenvalue weighted by Crippen LogP contribution is 2.22. The molecule has 0 atom stereocenters. The predicted molar refractivity (Wildman–Crippen MR) is 98.4 cm³/mol. The Kier molecular flexibility index (Phi) is 5.86. The predicted octanol–water partition coefficient (Wildman–Crippen LogP) is 2.73. The molecule has 2 aromatic carbocycles. The lowest BCUT2D eigenvalue weighted by Crippen LogP contribution is -2.24. The van der Waals surface area contributed by atoms with Gasteiger partial charge in [-0.1, -0.05) is 53.8 Å². The van der Waals surface area contributed by atoms with E-state index in [0.29, 0.717) is 10.8 Å². The number of para-hydroxylation sites is 2. The smallest absolute Gasteiger partial charge is 0.274 e. The number of amides is 1. The maximum absolute atomic E-state index is 12.0. The van der Waals surface area contributed by atoms with Crippen molar-refractivity contribution in [3.63, 3.8) is 0 Å². The van der Waals surface area contributed by atoms with Gasteiger partial charge in [-0.15, -0.1) is 5.10 Å². The van der Waals surface area contributed by atoms with Gasteiger partial charge in [0.15, 0.2) is 5.69 Å². The second-order valence-electron chi connectivity index (χ2n) is 5.11. The number of carbonyl (C=O) groups excluding carboxylic acids is 1. The molecule has 0 aliphatic carbocycles. The topological polar surface area (TPSA) is 69.0 Å². The van der Waals surface area contributed by atoms with Gasteiger partial charge in [-0.05, 0) is 24.3 Å². The van der Waals surface area contributed by atoms with Gasteiger partial charge in [0.1, 0.15) is 12.4 Å². The summed E-state index contributed by atoms with van der Waals surface area (Å²) in [4.78, 5) is 13.4. The fourth-order valence-electron chi connectivity index (χ4n) is 2.06. The summed E-state index contributed by atoms with van der Waals surface area (Å²) in [5.41, 5.74) is 1.01. The van der Waals surface area contributed by atoms with E-state index in [4.69, 9.17) is 16.3 Å². The number of hydrogen-bond acceptors (Lipinski definition) is 4. The van der Waals surface area contributed by atoms with E-state index < -0.39 is 0 Å². The molecule has 0 saturated heterocycles. The maximum Gasteiger partial charge on any atom is 0.274 e. The molecule has 1 heterocycles. The van der Waals surface area contributed by atoms with Gasteiger partial charge >= 0.3 is 0 Å². The van der Waals surface area contributed by atoms with E-state index in [1.165, 1.54) is 11.0 Å². The molecule has 26 heavy (non-hydrogen) atoms. The van der Waals surface area contributed by atoms with Crippen LogP contribution in [0.2, 0.25) is 5.02 Å². The Morgan fingerprint density at radius 2 is 1.88 bits per heavy atom. The van der Waals surface area contributed by atoms with Gasteiger partial charge in [0.2, 0.25) is 0 Å². The Labute approximate surface area is 155 Å². The first-order chi connectivity index (χ1) is 12.7. The standard InChI is InChI=1S/C19H15ClN4O2/c20-16-10-4-5-11-18(16)26-13-7-6-12-21-19(25)17-14-22-24(23-17)15-8-2-1-3-9-15/h1-5,8-11,14H,12-13H2,(H,21,25). The minimum absolute atomic E-state index is 0.183. The van der Waals surface area contributed by atoms with Crippen LogP contribution in [-0.4, -0.2) is 34.1 Å². The van der Waals surface area contributed by atoms with Gasteiger partial charge in [-0.3, -0.25) is 4.79 Å². The van der Waals surface area contributed by atoms with Crippen LogP contribution < -0.4 is 10.1 Å². The largest absolute Gasteiger partial charge is 0.479 e. The lowest BCUT2D eigenvalue weighted by atomic mass is 10.3. The van der Waals surface area contributed by atoms with Crippen LogP contribution >= 0.6 is 11.6 Å². The lowest BCUT2D eigenvalue weighted by molar-refractivity contribution is 0.0953. The summed E-state index contributed by atoms with van der Waals surface area (Å²) in [5.74, 6) is 5.86. The number of hydrogen-bond donors (Lipinski definition) is 1. The summed E-state index contributed by atoms with van der Waals surface area (Å²) >= 11 is 5.97. The molecule has 7 heteroatoms. The van der Waals surface area contributed by atoms with Crippen molar-refractivity contribution in [2.24, 2.45) is 0 Å². The van der Waals surface area contributed by atoms with E-state index in [1.54, 1.807) is 12.1 Å². The van der Waals surface area contributed by atoms with Crippen molar-refractivity contribution < 1.29 is 9.53 Å². The van der Waals surface area contributed by atoms with Gasteiger partial charge < -0.3 is 10.1 Å². The highest BCUT2D eigenvalue weighted by Gasteiger charge is 2.10. The molecule has 0 bridgehead atoms. The first-order valence-corrected chi connectivity index (χ1v) is 8.21. The van der Waals surface area contributed by atoms with Crippen LogP contribution in [0.25, 0.3) is 5.69 Å². The minimum atomic E-state index is -0.339. The van der Waals surface area contributed by atoms with E-state index in [-0.39, 0.29) is 24.8 Å². The van der Waals surface area contributed by atoms with E-state index in [9.17, 15) is 4.79 Å². The zero-order chi connectivity index (χ0) is 18.2. The van der Waals surface area contributed by atoms with Crippen molar-refractivity contribution in [1.29, 1.82) is 0 Å². The summed E-state index contributed by atoms with van der Waals surface area (Å²) in [5, 5.41) is 11.4. The highest BCUT2D eigenvalue weighted by molar-refractivity contribution is 6.32. The van der Waals surface area contributed by atoms with Crippen LogP contribution in [0.5, 0.6) is 5.75 Å². The monoisotopic (exact) mass is 366 g/mol. The molecule has 0 spiro atoms. The molecular formula is C19H15ClN4O2. The van der Waals surface area contributed by atoms with Gasteiger partial charge in [0.05, 0.1) is 23.5 Å². The molecule has 0 aliphatic rings. The normalized spacial score (nSPS) is 9.88. The van der Waals surface area contributed by atoms with Crippen molar-refractivity contribution >= 4 is 17.5 Å². The number of aromatic nitrogens is 3. The summed E-state index contributed by atoms with van der Waals surface area (Å²) in [6, 6.07) is 16.5. The number of rotatable bonds is 5. The average Bonchev–Trinajstić information content (AvgIpc) is 3.17. The van der Waals surface area contributed by atoms with Gasteiger partial charge in [-0.2, -0.15) is 9.90 Å². The van der Waals surface area contributed by atoms with Gasteiger partial charge in [0.25, 0.3) is 5.91 Å². The Hall–Kier alpha value is -3.30. The Morgan fingerprint density at radius 1 is 1.12 bits per heavy atom. The minimum Gasteiger partial charge on any atom is -0.479 e. The number of carbonyl (C=O) groups is 1. The lowest BCUT2D eigenvalue weighted by Gasteiger charge is -2.03. The van der Waals surface area contributed by atoms with E-state index in [1.807, 2.05) is 42.5 Å². The summed E-state index contributed by atoms with van der Waals surface area (Å²) in [7, 11) is 0. The maximum atomic E-state index is 12.0. The number of nitrogens with zero attached hydrogens (tertiary/aromatic N) is 3. The second-order valence-corrected chi connectivity index (χ2v) is 5.52. The Bertz CT molecular complexity index is 945. The van der Waals surface area contributed by atoms with Crippen LogP contribution in [0.3, 0.4) is 0 Å². The summed E-state index contributed by atoms with van der Waals surface area (Å²) < 4.78 is 5.44.